The van der Waals surface area contributed by atoms with E-state index in [1.165, 1.54) is 6.07 Å². The van der Waals surface area contributed by atoms with Gasteiger partial charge in [0.05, 0.1) is 10.6 Å². The van der Waals surface area contributed by atoms with Crippen molar-refractivity contribution >= 4 is 15.9 Å². The number of hydrogen-bond donors (Lipinski definition) is 2. The van der Waals surface area contributed by atoms with E-state index in [1.807, 2.05) is 13.0 Å². The summed E-state index contributed by atoms with van der Waals surface area (Å²) in [6.45, 7) is 3.03. The molecule has 0 amide bonds. The highest BCUT2D eigenvalue weighted by Gasteiger charge is 2.02. The molecule has 0 aliphatic heterocycles. The summed E-state index contributed by atoms with van der Waals surface area (Å²) in [7, 11) is 0. The molecular weight excluding hydrogens is 261 g/mol. The zero-order chi connectivity index (χ0) is 11.3. The number of rotatable bonds is 5. The van der Waals surface area contributed by atoms with Crippen LogP contribution in [0.2, 0.25) is 0 Å². The molecule has 84 valence electrons. The number of hydrogen-bond acceptors (Lipinski definition) is 2. The van der Waals surface area contributed by atoms with E-state index in [0.29, 0.717) is 17.6 Å². The second kappa shape index (κ2) is 6.20. The SMILES string of the molecule is CCC(O)CNCc1ccc(Br)c(F)c1. The number of aliphatic hydroxyl groups is 1. The molecule has 0 saturated heterocycles. The van der Waals surface area contributed by atoms with Crippen molar-refractivity contribution in [2.45, 2.75) is 26.0 Å². The van der Waals surface area contributed by atoms with E-state index in [0.717, 1.165) is 12.0 Å². The van der Waals surface area contributed by atoms with Crippen LogP contribution in [-0.2, 0) is 6.54 Å². The minimum absolute atomic E-state index is 0.259. The lowest BCUT2D eigenvalue weighted by molar-refractivity contribution is 0.167. The van der Waals surface area contributed by atoms with E-state index in [2.05, 4.69) is 21.2 Å². The fourth-order valence-corrected chi connectivity index (χ4v) is 1.42. The summed E-state index contributed by atoms with van der Waals surface area (Å²) in [5, 5.41) is 12.4. The van der Waals surface area contributed by atoms with Crippen LogP contribution in [0.4, 0.5) is 4.39 Å². The molecule has 2 nitrogen and oxygen atoms in total. The fourth-order valence-electron chi connectivity index (χ4n) is 1.18. The summed E-state index contributed by atoms with van der Waals surface area (Å²) in [5.41, 5.74) is 0.874. The molecule has 0 fully saturated rings. The van der Waals surface area contributed by atoms with Crippen molar-refractivity contribution in [3.8, 4) is 0 Å². The molecule has 4 heteroatoms. The molecule has 2 N–H and O–H groups in total. The van der Waals surface area contributed by atoms with Gasteiger partial charge < -0.3 is 10.4 Å². The Kier molecular flexibility index (Phi) is 5.22. The third kappa shape index (κ3) is 4.28. The molecule has 0 heterocycles. The monoisotopic (exact) mass is 275 g/mol. The Morgan fingerprint density at radius 3 is 2.87 bits per heavy atom. The molecule has 1 aromatic rings. The average molecular weight is 276 g/mol. The van der Waals surface area contributed by atoms with Crippen LogP contribution >= 0.6 is 15.9 Å². The van der Waals surface area contributed by atoms with Gasteiger partial charge in [-0.15, -0.1) is 0 Å². The smallest absolute Gasteiger partial charge is 0.137 e. The summed E-state index contributed by atoms with van der Waals surface area (Å²) in [6, 6.07) is 5.01. The molecule has 15 heavy (non-hydrogen) atoms. The summed E-state index contributed by atoms with van der Waals surface area (Å²) >= 11 is 3.10. The van der Waals surface area contributed by atoms with Gasteiger partial charge in [-0.3, -0.25) is 0 Å². The molecule has 0 aromatic heterocycles. The van der Waals surface area contributed by atoms with E-state index in [9.17, 15) is 9.50 Å². The summed E-state index contributed by atoms with van der Waals surface area (Å²) in [5.74, 6) is -0.259. The molecular formula is C11H15BrFNO. The highest BCUT2D eigenvalue weighted by molar-refractivity contribution is 9.10. The van der Waals surface area contributed by atoms with E-state index >= 15 is 0 Å². The minimum atomic E-state index is -0.328. The van der Waals surface area contributed by atoms with Crippen LogP contribution in [0.3, 0.4) is 0 Å². The highest BCUT2D eigenvalue weighted by atomic mass is 79.9. The van der Waals surface area contributed by atoms with E-state index in [1.54, 1.807) is 6.07 Å². The van der Waals surface area contributed by atoms with Gasteiger partial charge in [-0.1, -0.05) is 13.0 Å². The molecule has 1 rings (SSSR count). The Hall–Kier alpha value is -0.450. The molecule has 1 atom stereocenters. The van der Waals surface area contributed by atoms with Crippen molar-refractivity contribution in [3.63, 3.8) is 0 Å². The van der Waals surface area contributed by atoms with Crippen LogP contribution in [0.25, 0.3) is 0 Å². The quantitative estimate of drug-likeness (QED) is 0.865. The van der Waals surface area contributed by atoms with Gasteiger partial charge in [-0.25, -0.2) is 4.39 Å². The maximum Gasteiger partial charge on any atom is 0.137 e. The molecule has 1 unspecified atom stereocenters. The van der Waals surface area contributed by atoms with Crippen molar-refractivity contribution in [1.82, 2.24) is 5.32 Å². The molecule has 0 radical (unpaired) electrons. The van der Waals surface area contributed by atoms with E-state index in [-0.39, 0.29) is 11.9 Å². The van der Waals surface area contributed by atoms with Crippen LogP contribution in [0.15, 0.2) is 22.7 Å². The first-order valence-electron chi connectivity index (χ1n) is 4.96. The largest absolute Gasteiger partial charge is 0.392 e. The summed E-state index contributed by atoms with van der Waals surface area (Å²) in [4.78, 5) is 0. The molecule has 0 aliphatic carbocycles. The lowest BCUT2D eigenvalue weighted by Gasteiger charge is -2.09. The minimum Gasteiger partial charge on any atom is -0.392 e. The van der Waals surface area contributed by atoms with Crippen LogP contribution < -0.4 is 5.32 Å². The Morgan fingerprint density at radius 1 is 1.53 bits per heavy atom. The summed E-state index contributed by atoms with van der Waals surface area (Å²) < 4.78 is 13.6. The molecule has 1 aromatic carbocycles. The van der Waals surface area contributed by atoms with Crippen molar-refractivity contribution in [2.24, 2.45) is 0 Å². The molecule has 0 aliphatic rings. The first-order valence-corrected chi connectivity index (χ1v) is 5.75. The van der Waals surface area contributed by atoms with Crippen LogP contribution in [0.1, 0.15) is 18.9 Å². The van der Waals surface area contributed by atoms with Gasteiger partial charge in [0.25, 0.3) is 0 Å². The highest BCUT2D eigenvalue weighted by Crippen LogP contribution is 2.16. The normalized spacial score (nSPS) is 12.8. The van der Waals surface area contributed by atoms with E-state index in [4.69, 9.17) is 0 Å². The lowest BCUT2D eigenvalue weighted by Crippen LogP contribution is -2.25. The van der Waals surface area contributed by atoms with Gasteiger partial charge in [0.1, 0.15) is 5.82 Å². The third-order valence-corrected chi connectivity index (χ3v) is 2.81. The molecule has 0 spiro atoms. The van der Waals surface area contributed by atoms with Gasteiger partial charge >= 0.3 is 0 Å². The van der Waals surface area contributed by atoms with Gasteiger partial charge in [0.15, 0.2) is 0 Å². The summed E-state index contributed by atoms with van der Waals surface area (Å²) in [6.07, 6.45) is 0.395. The predicted octanol–water partition coefficient (Wildman–Crippen LogP) is 2.45. The number of benzene rings is 1. The van der Waals surface area contributed by atoms with Crippen LogP contribution in [-0.4, -0.2) is 17.8 Å². The van der Waals surface area contributed by atoms with E-state index < -0.39 is 0 Å². The van der Waals surface area contributed by atoms with Gasteiger partial charge in [-0.05, 0) is 40.0 Å². The second-order valence-corrected chi connectivity index (χ2v) is 4.30. The Bertz CT molecular complexity index is 319. The average Bonchev–Trinajstić information content (AvgIpc) is 2.23. The Balaban J connectivity index is 2.41. The van der Waals surface area contributed by atoms with Crippen molar-refractivity contribution in [3.05, 3.63) is 34.1 Å². The molecule has 0 saturated carbocycles. The maximum absolute atomic E-state index is 13.1. The lowest BCUT2D eigenvalue weighted by atomic mass is 10.2. The number of halogens is 2. The number of aliphatic hydroxyl groups excluding tert-OH is 1. The first kappa shape index (κ1) is 12.6. The van der Waals surface area contributed by atoms with Crippen LogP contribution in [0.5, 0.6) is 0 Å². The Morgan fingerprint density at radius 2 is 2.27 bits per heavy atom. The number of nitrogens with one attached hydrogen (secondary N) is 1. The maximum atomic E-state index is 13.1. The van der Waals surface area contributed by atoms with Gasteiger partial charge in [0, 0.05) is 13.1 Å². The predicted molar refractivity (Wildman–Crippen MR) is 62.1 cm³/mol. The molecule has 0 bridgehead atoms. The second-order valence-electron chi connectivity index (χ2n) is 3.44. The fraction of sp³-hybridized carbons (Fsp3) is 0.455. The zero-order valence-corrected chi connectivity index (χ0v) is 10.2. The van der Waals surface area contributed by atoms with Gasteiger partial charge in [0.2, 0.25) is 0 Å². The third-order valence-electron chi connectivity index (χ3n) is 2.16. The van der Waals surface area contributed by atoms with Crippen molar-refractivity contribution in [1.29, 1.82) is 0 Å². The standard InChI is InChI=1S/C11H15BrFNO/c1-2-9(15)7-14-6-8-3-4-10(12)11(13)5-8/h3-5,9,14-15H,2,6-7H2,1H3. The topological polar surface area (TPSA) is 32.3 Å². The Labute approximate surface area is 97.6 Å². The van der Waals surface area contributed by atoms with Crippen molar-refractivity contribution < 1.29 is 9.50 Å². The first-order chi connectivity index (χ1) is 7.13. The van der Waals surface area contributed by atoms with Gasteiger partial charge in [-0.2, -0.15) is 0 Å². The zero-order valence-electron chi connectivity index (χ0n) is 8.63. The van der Waals surface area contributed by atoms with Crippen LogP contribution in [0, 0.1) is 5.82 Å². The van der Waals surface area contributed by atoms with Crippen molar-refractivity contribution in [2.75, 3.05) is 6.54 Å².